The van der Waals surface area contributed by atoms with Crippen LogP contribution < -0.4 is 20.9 Å². The number of ether oxygens (including phenoxy) is 1. The standard InChI is InChI=1S/C23H31N5O4/c1-15-8-9-18(12-16(15)2)32-14-17(29)13-28-19-20(25(3)23(31)26(4)21(19)30)24-22(28)27-10-6-5-7-11-27/h8-9,12,17,29H,5-7,10-11,13-14H2,1-4H3/t17-/m0/s1. The number of aryl methyl sites for hydroxylation is 3. The molecular weight excluding hydrogens is 410 g/mol. The van der Waals surface area contributed by atoms with Gasteiger partial charge in [0.05, 0.1) is 6.54 Å². The van der Waals surface area contributed by atoms with E-state index in [1.807, 2.05) is 32.0 Å². The van der Waals surface area contributed by atoms with Crippen LogP contribution in [0.5, 0.6) is 5.75 Å². The Labute approximate surface area is 186 Å². The number of benzene rings is 1. The van der Waals surface area contributed by atoms with E-state index in [1.165, 1.54) is 17.2 Å². The highest BCUT2D eigenvalue weighted by atomic mass is 16.5. The van der Waals surface area contributed by atoms with Crippen molar-refractivity contribution in [1.29, 1.82) is 0 Å². The summed E-state index contributed by atoms with van der Waals surface area (Å²) in [5.74, 6) is 1.31. The molecule has 32 heavy (non-hydrogen) atoms. The number of aliphatic hydroxyl groups is 1. The van der Waals surface area contributed by atoms with Gasteiger partial charge in [-0.05, 0) is 56.4 Å². The first-order valence-corrected chi connectivity index (χ1v) is 11.1. The lowest BCUT2D eigenvalue weighted by atomic mass is 10.1. The average molecular weight is 442 g/mol. The topological polar surface area (TPSA) is 94.5 Å². The molecule has 1 fully saturated rings. The van der Waals surface area contributed by atoms with Crippen LogP contribution in [-0.2, 0) is 20.6 Å². The van der Waals surface area contributed by atoms with Crippen LogP contribution in [0.2, 0.25) is 0 Å². The minimum atomic E-state index is -0.862. The molecule has 9 nitrogen and oxygen atoms in total. The van der Waals surface area contributed by atoms with E-state index in [4.69, 9.17) is 4.74 Å². The lowest BCUT2D eigenvalue weighted by Crippen LogP contribution is -2.38. The van der Waals surface area contributed by atoms with Gasteiger partial charge in [0.25, 0.3) is 5.56 Å². The molecule has 1 aromatic carbocycles. The molecule has 1 atom stereocenters. The molecule has 1 N–H and O–H groups in total. The summed E-state index contributed by atoms with van der Waals surface area (Å²) in [7, 11) is 3.07. The molecule has 3 heterocycles. The van der Waals surface area contributed by atoms with Gasteiger partial charge in [-0.3, -0.25) is 13.9 Å². The Hall–Kier alpha value is -3.07. The molecule has 0 spiro atoms. The first-order valence-electron chi connectivity index (χ1n) is 11.1. The number of aliphatic hydroxyl groups excluding tert-OH is 1. The van der Waals surface area contributed by atoms with Crippen molar-refractivity contribution in [1.82, 2.24) is 18.7 Å². The summed E-state index contributed by atoms with van der Waals surface area (Å²) in [6, 6.07) is 5.81. The van der Waals surface area contributed by atoms with Gasteiger partial charge >= 0.3 is 5.69 Å². The second-order valence-electron chi connectivity index (χ2n) is 8.66. The van der Waals surface area contributed by atoms with Gasteiger partial charge in [-0.2, -0.15) is 4.98 Å². The summed E-state index contributed by atoms with van der Waals surface area (Å²) in [5, 5.41) is 10.8. The maximum absolute atomic E-state index is 13.0. The lowest BCUT2D eigenvalue weighted by Gasteiger charge is -2.28. The van der Waals surface area contributed by atoms with Crippen LogP contribution in [0.4, 0.5) is 5.95 Å². The van der Waals surface area contributed by atoms with Crippen molar-refractivity contribution < 1.29 is 9.84 Å². The minimum absolute atomic E-state index is 0.0771. The lowest BCUT2D eigenvalue weighted by molar-refractivity contribution is 0.0935. The predicted octanol–water partition coefficient (Wildman–Crippen LogP) is 1.48. The molecular formula is C23H31N5O4. The third kappa shape index (κ3) is 4.04. The molecule has 172 valence electrons. The Morgan fingerprint density at radius 2 is 1.78 bits per heavy atom. The third-order valence-corrected chi connectivity index (χ3v) is 6.28. The number of rotatable bonds is 6. The number of fused-ring (bicyclic) bond motifs is 1. The first kappa shape index (κ1) is 22.1. The number of hydrogen-bond donors (Lipinski definition) is 1. The number of nitrogens with zero attached hydrogens (tertiary/aromatic N) is 5. The van der Waals surface area contributed by atoms with Crippen LogP contribution >= 0.6 is 0 Å². The van der Waals surface area contributed by atoms with E-state index in [0.29, 0.717) is 22.9 Å². The Morgan fingerprint density at radius 3 is 2.47 bits per heavy atom. The second kappa shape index (κ2) is 8.82. The van der Waals surface area contributed by atoms with Crippen LogP contribution in [-0.4, -0.2) is 49.6 Å². The monoisotopic (exact) mass is 441 g/mol. The van der Waals surface area contributed by atoms with Crippen LogP contribution in [0.3, 0.4) is 0 Å². The largest absolute Gasteiger partial charge is 0.491 e. The number of aromatic nitrogens is 4. The van der Waals surface area contributed by atoms with Crippen LogP contribution in [0.25, 0.3) is 11.2 Å². The van der Waals surface area contributed by atoms with E-state index >= 15 is 0 Å². The molecule has 1 aliphatic rings. The maximum Gasteiger partial charge on any atom is 0.332 e. The van der Waals surface area contributed by atoms with Gasteiger partial charge in [0.15, 0.2) is 11.2 Å². The Balaban J connectivity index is 1.68. The minimum Gasteiger partial charge on any atom is -0.491 e. The van der Waals surface area contributed by atoms with Crippen LogP contribution in [0.1, 0.15) is 30.4 Å². The quantitative estimate of drug-likeness (QED) is 0.623. The van der Waals surface area contributed by atoms with Crippen molar-refractivity contribution in [2.24, 2.45) is 14.1 Å². The normalized spacial score (nSPS) is 15.3. The third-order valence-electron chi connectivity index (χ3n) is 6.28. The summed E-state index contributed by atoms with van der Waals surface area (Å²) in [5.41, 5.74) is 2.11. The van der Waals surface area contributed by atoms with Crippen molar-refractivity contribution in [2.45, 2.75) is 45.8 Å². The number of anilines is 1. The molecule has 0 unspecified atom stereocenters. The van der Waals surface area contributed by atoms with Gasteiger partial charge < -0.3 is 19.3 Å². The molecule has 0 aliphatic carbocycles. The molecule has 0 amide bonds. The Bertz CT molecular complexity index is 1250. The molecule has 0 saturated carbocycles. The molecule has 3 aromatic rings. The molecule has 1 saturated heterocycles. The fraction of sp³-hybridized carbons (Fsp3) is 0.522. The van der Waals surface area contributed by atoms with E-state index in [0.717, 1.165) is 42.5 Å². The zero-order chi connectivity index (χ0) is 23.0. The highest BCUT2D eigenvalue weighted by molar-refractivity contribution is 5.74. The fourth-order valence-corrected chi connectivity index (χ4v) is 4.20. The molecule has 0 radical (unpaired) electrons. The van der Waals surface area contributed by atoms with Crippen molar-refractivity contribution in [2.75, 3.05) is 24.6 Å². The van der Waals surface area contributed by atoms with E-state index in [-0.39, 0.29) is 13.2 Å². The molecule has 2 aromatic heterocycles. The van der Waals surface area contributed by atoms with Gasteiger partial charge in [-0.25, -0.2) is 4.79 Å². The average Bonchev–Trinajstić information content (AvgIpc) is 3.17. The van der Waals surface area contributed by atoms with E-state index in [2.05, 4.69) is 9.88 Å². The second-order valence-corrected chi connectivity index (χ2v) is 8.66. The fourth-order valence-electron chi connectivity index (χ4n) is 4.20. The molecule has 0 bridgehead atoms. The summed E-state index contributed by atoms with van der Waals surface area (Å²) < 4.78 is 10.0. The van der Waals surface area contributed by atoms with Crippen molar-refractivity contribution in [3.05, 3.63) is 50.2 Å². The number of hydrogen-bond acceptors (Lipinski definition) is 6. The SMILES string of the molecule is Cc1ccc(OC[C@@H](O)Cn2c(N3CCCCC3)nc3c2c(=O)n(C)c(=O)n3C)cc1C. The zero-order valence-electron chi connectivity index (χ0n) is 19.2. The van der Waals surface area contributed by atoms with Crippen molar-refractivity contribution in [3.8, 4) is 5.75 Å². The highest BCUT2D eigenvalue weighted by Gasteiger charge is 2.25. The molecule has 1 aliphatic heterocycles. The summed E-state index contributed by atoms with van der Waals surface area (Å²) >= 11 is 0. The zero-order valence-corrected chi connectivity index (χ0v) is 19.2. The smallest absolute Gasteiger partial charge is 0.332 e. The van der Waals surface area contributed by atoms with E-state index in [9.17, 15) is 14.7 Å². The Morgan fingerprint density at radius 1 is 1.06 bits per heavy atom. The number of piperidine rings is 1. The van der Waals surface area contributed by atoms with Gasteiger partial charge in [0.2, 0.25) is 5.95 Å². The van der Waals surface area contributed by atoms with Gasteiger partial charge in [-0.15, -0.1) is 0 Å². The van der Waals surface area contributed by atoms with Gasteiger partial charge in [0.1, 0.15) is 18.5 Å². The Kier molecular flexibility index (Phi) is 6.10. The summed E-state index contributed by atoms with van der Waals surface area (Å²) in [6.07, 6.45) is 2.38. The summed E-state index contributed by atoms with van der Waals surface area (Å²) in [6.45, 7) is 5.92. The highest BCUT2D eigenvalue weighted by Crippen LogP contribution is 2.24. The van der Waals surface area contributed by atoms with Crippen LogP contribution in [0.15, 0.2) is 27.8 Å². The van der Waals surface area contributed by atoms with Gasteiger partial charge in [-0.1, -0.05) is 6.07 Å². The molecule has 4 rings (SSSR count). The summed E-state index contributed by atoms with van der Waals surface area (Å²) in [4.78, 5) is 32.2. The first-order chi connectivity index (χ1) is 15.3. The predicted molar refractivity (Wildman–Crippen MR) is 124 cm³/mol. The van der Waals surface area contributed by atoms with Crippen molar-refractivity contribution >= 4 is 17.1 Å². The van der Waals surface area contributed by atoms with Crippen molar-refractivity contribution in [3.63, 3.8) is 0 Å². The van der Waals surface area contributed by atoms with Crippen LogP contribution in [0, 0.1) is 13.8 Å². The van der Waals surface area contributed by atoms with E-state index in [1.54, 1.807) is 11.6 Å². The van der Waals surface area contributed by atoms with Gasteiger partial charge in [0, 0.05) is 27.2 Å². The maximum atomic E-state index is 13.0. The number of imidazole rings is 1. The molecule has 9 heteroatoms. The van der Waals surface area contributed by atoms with E-state index < -0.39 is 17.4 Å².